The van der Waals surface area contributed by atoms with Crippen molar-refractivity contribution in [2.45, 2.75) is 27.7 Å². The molecule has 57 heavy (non-hydrogen) atoms. The van der Waals surface area contributed by atoms with E-state index in [1.165, 1.54) is 22.3 Å². The molecule has 0 bridgehead atoms. The SMILES string of the molecule is C=CC=C(C)C.Cc1ccc(-c2ccc3c(c2)c2ccccc2n3-c2cccc(C=O)c2C(=O)N(C)c2ccc(-c3ccccc3)cc2-c2ccccc2)c(C)c1. The maximum atomic E-state index is 14.9. The van der Waals surface area contributed by atoms with Gasteiger partial charge in [0, 0.05) is 28.9 Å². The van der Waals surface area contributed by atoms with Gasteiger partial charge in [0.2, 0.25) is 0 Å². The third kappa shape index (κ3) is 7.76. The van der Waals surface area contributed by atoms with Crippen molar-refractivity contribution >= 4 is 39.7 Å². The maximum Gasteiger partial charge on any atom is 0.260 e. The summed E-state index contributed by atoms with van der Waals surface area (Å²) in [4.78, 5) is 29.3. The summed E-state index contributed by atoms with van der Waals surface area (Å²) in [7, 11) is 1.79. The van der Waals surface area contributed by atoms with Crippen LogP contribution >= 0.6 is 0 Å². The fraction of sp³-hybridized carbons (Fsp3) is 0.0943. The summed E-state index contributed by atoms with van der Waals surface area (Å²) < 4.78 is 2.13. The molecule has 8 rings (SSSR count). The van der Waals surface area contributed by atoms with Gasteiger partial charge in [-0.15, -0.1) is 0 Å². The number of para-hydroxylation sites is 1. The number of aldehydes is 1. The molecule has 0 atom stereocenters. The Kier molecular flexibility index (Phi) is 11.2. The van der Waals surface area contributed by atoms with Crippen molar-refractivity contribution < 1.29 is 9.59 Å². The molecule has 1 amide bonds. The molecular formula is C53H46N2O2. The van der Waals surface area contributed by atoms with Crippen LogP contribution in [0.3, 0.4) is 0 Å². The first-order valence-electron chi connectivity index (χ1n) is 19.2. The molecule has 0 aliphatic heterocycles. The Balaban J connectivity index is 0.000000769. The van der Waals surface area contributed by atoms with Gasteiger partial charge in [-0.25, -0.2) is 0 Å². The van der Waals surface area contributed by atoms with Gasteiger partial charge >= 0.3 is 0 Å². The van der Waals surface area contributed by atoms with Gasteiger partial charge < -0.3 is 9.47 Å². The third-order valence-electron chi connectivity index (χ3n) is 10.3. The number of aryl methyl sites for hydroxylation is 2. The Morgan fingerprint density at radius 2 is 1.28 bits per heavy atom. The number of aromatic nitrogens is 1. The van der Waals surface area contributed by atoms with Crippen molar-refractivity contribution in [3.05, 3.63) is 204 Å². The van der Waals surface area contributed by atoms with Crippen LogP contribution in [0.5, 0.6) is 0 Å². The molecule has 1 aromatic heterocycles. The predicted octanol–water partition coefficient (Wildman–Crippen LogP) is 13.6. The molecule has 0 saturated heterocycles. The van der Waals surface area contributed by atoms with Crippen LogP contribution in [-0.2, 0) is 0 Å². The lowest BCUT2D eigenvalue weighted by Crippen LogP contribution is -2.29. The molecule has 8 aromatic rings. The van der Waals surface area contributed by atoms with Gasteiger partial charge in [0.1, 0.15) is 0 Å². The Hall–Kier alpha value is -7.04. The molecule has 0 fully saturated rings. The highest BCUT2D eigenvalue weighted by Gasteiger charge is 2.26. The quantitative estimate of drug-likeness (QED) is 0.115. The molecule has 0 saturated carbocycles. The fourth-order valence-corrected chi connectivity index (χ4v) is 7.61. The van der Waals surface area contributed by atoms with Crippen LogP contribution in [0.1, 0.15) is 45.7 Å². The van der Waals surface area contributed by atoms with Gasteiger partial charge in [-0.3, -0.25) is 9.59 Å². The average Bonchev–Trinajstić information content (AvgIpc) is 3.57. The zero-order valence-electron chi connectivity index (χ0n) is 33.2. The first-order chi connectivity index (χ1) is 27.7. The van der Waals surface area contributed by atoms with E-state index in [9.17, 15) is 9.59 Å². The number of benzene rings is 7. The van der Waals surface area contributed by atoms with E-state index in [2.05, 4.69) is 104 Å². The molecular weight excluding hydrogens is 697 g/mol. The number of hydrogen-bond acceptors (Lipinski definition) is 2. The van der Waals surface area contributed by atoms with E-state index < -0.39 is 0 Å². The van der Waals surface area contributed by atoms with Crippen LogP contribution < -0.4 is 4.90 Å². The van der Waals surface area contributed by atoms with Gasteiger partial charge in [0.15, 0.2) is 6.29 Å². The number of nitrogens with zero attached hydrogens (tertiary/aromatic N) is 2. The maximum absolute atomic E-state index is 14.9. The lowest BCUT2D eigenvalue weighted by atomic mass is 9.96. The van der Waals surface area contributed by atoms with Gasteiger partial charge in [0.25, 0.3) is 5.91 Å². The lowest BCUT2D eigenvalue weighted by molar-refractivity contribution is 0.0986. The van der Waals surface area contributed by atoms with Gasteiger partial charge in [0.05, 0.1) is 28.0 Å². The standard InChI is InChI=1S/C47H36N2O2.C6H10/c1-31-21-24-38(32(2)27-31)36-23-26-44-41(29-36)39-18-10-11-19-43(39)49(44)45-20-12-17-37(30-50)46(45)47(51)48(3)42-25-22-35(33-13-6-4-7-14-33)28-40(42)34-15-8-5-9-16-34;1-4-5-6(2)3/h4-30H,1-3H3;4-5H,1H2,2-3H3. The van der Waals surface area contributed by atoms with Crippen LogP contribution in [0, 0.1) is 13.8 Å². The highest BCUT2D eigenvalue weighted by molar-refractivity contribution is 6.16. The number of fused-ring (bicyclic) bond motifs is 3. The molecule has 1 heterocycles. The summed E-state index contributed by atoms with van der Waals surface area (Å²) in [5, 5.41) is 2.15. The van der Waals surface area contributed by atoms with E-state index in [-0.39, 0.29) is 5.91 Å². The minimum atomic E-state index is -0.268. The minimum absolute atomic E-state index is 0.268. The summed E-state index contributed by atoms with van der Waals surface area (Å²) in [5.41, 5.74) is 14.1. The van der Waals surface area contributed by atoms with Crippen molar-refractivity contribution in [2.75, 3.05) is 11.9 Å². The number of hydrogen-bond donors (Lipinski definition) is 0. The number of rotatable bonds is 8. The number of amides is 1. The van der Waals surface area contributed by atoms with Crippen molar-refractivity contribution in [1.82, 2.24) is 4.57 Å². The van der Waals surface area contributed by atoms with Crippen molar-refractivity contribution in [1.29, 1.82) is 0 Å². The van der Waals surface area contributed by atoms with Crippen molar-refractivity contribution in [2.24, 2.45) is 0 Å². The Morgan fingerprint density at radius 3 is 1.95 bits per heavy atom. The molecule has 4 heteroatoms. The first-order valence-corrected chi connectivity index (χ1v) is 19.2. The Bertz CT molecular complexity index is 2790. The van der Waals surface area contributed by atoms with E-state index in [1.807, 2.05) is 92.7 Å². The molecule has 0 unspecified atom stereocenters. The highest BCUT2D eigenvalue weighted by atomic mass is 16.2. The average molecular weight is 743 g/mol. The summed E-state index contributed by atoms with van der Waals surface area (Å²) in [6.07, 6.45) is 4.54. The van der Waals surface area contributed by atoms with E-state index in [0.717, 1.165) is 61.6 Å². The summed E-state index contributed by atoms with van der Waals surface area (Å²) in [6, 6.07) is 53.3. The number of carbonyl (C=O) groups is 2. The fourth-order valence-electron chi connectivity index (χ4n) is 7.61. The lowest BCUT2D eigenvalue weighted by Gasteiger charge is -2.24. The molecule has 0 N–H and O–H groups in total. The van der Waals surface area contributed by atoms with Gasteiger partial charge in [-0.1, -0.05) is 151 Å². The molecule has 4 nitrogen and oxygen atoms in total. The zero-order valence-corrected chi connectivity index (χ0v) is 33.2. The van der Waals surface area contributed by atoms with Crippen LogP contribution in [0.15, 0.2) is 182 Å². The van der Waals surface area contributed by atoms with Crippen molar-refractivity contribution in [3.8, 4) is 39.1 Å². The third-order valence-corrected chi connectivity index (χ3v) is 10.3. The topological polar surface area (TPSA) is 42.3 Å². The van der Waals surface area contributed by atoms with Crippen LogP contribution in [-0.4, -0.2) is 23.8 Å². The second-order valence-corrected chi connectivity index (χ2v) is 14.6. The zero-order chi connectivity index (χ0) is 40.1. The highest BCUT2D eigenvalue weighted by Crippen LogP contribution is 2.39. The number of carbonyl (C=O) groups excluding carboxylic acids is 2. The molecule has 0 aliphatic carbocycles. The van der Waals surface area contributed by atoms with Crippen LogP contribution in [0.4, 0.5) is 5.69 Å². The van der Waals surface area contributed by atoms with E-state index in [4.69, 9.17) is 0 Å². The molecule has 280 valence electrons. The number of anilines is 1. The van der Waals surface area contributed by atoms with Crippen LogP contribution in [0.25, 0.3) is 60.9 Å². The number of allylic oxidation sites excluding steroid dienone is 3. The van der Waals surface area contributed by atoms with E-state index in [1.54, 1.807) is 24.1 Å². The molecule has 0 aliphatic rings. The van der Waals surface area contributed by atoms with Crippen LogP contribution in [0.2, 0.25) is 0 Å². The van der Waals surface area contributed by atoms with E-state index in [0.29, 0.717) is 16.8 Å². The summed E-state index contributed by atoms with van der Waals surface area (Å²) >= 11 is 0. The normalized spacial score (nSPS) is 10.8. The predicted molar refractivity (Wildman–Crippen MR) is 241 cm³/mol. The second-order valence-electron chi connectivity index (χ2n) is 14.6. The molecule has 7 aromatic carbocycles. The minimum Gasteiger partial charge on any atom is -0.311 e. The largest absolute Gasteiger partial charge is 0.311 e. The summed E-state index contributed by atoms with van der Waals surface area (Å²) in [5.74, 6) is -0.268. The van der Waals surface area contributed by atoms with Gasteiger partial charge in [-0.05, 0) is 97.5 Å². The van der Waals surface area contributed by atoms with Crippen molar-refractivity contribution in [3.63, 3.8) is 0 Å². The monoisotopic (exact) mass is 742 g/mol. The second kappa shape index (κ2) is 16.8. The molecule has 0 radical (unpaired) electrons. The Morgan fingerprint density at radius 1 is 0.614 bits per heavy atom. The smallest absolute Gasteiger partial charge is 0.260 e. The molecule has 0 spiro atoms. The Labute approximate surface area is 335 Å². The first kappa shape index (κ1) is 38.2. The van der Waals surface area contributed by atoms with E-state index >= 15 is 0 Å². The summed E-state index contributed by atoms with van der Waals surface area (Å²) in [6.45, 7) is 11.9. The van der Waals surface area contributed by atoms with Gasteiger partial charge in [-0.2, -0.15) is 0 Å².